The molecule has 2 aromatic heterocycles. The maximum absolute atomic E-state index is 12.6. The highest BCUT2D eigenvalue weighted by atomic mass is 32.1. The third-order valence-electron chi connectivity index (χ3n) is 7.02. The number of thiophene rings is 1. The quantitative estimate of drug-likeness (QED) is 0.262. The van der Waals surface area contributed by atoms with Gasteiger partial charge >= 0.3 is 0 Å². The zero-order valence-corrected chi connectivity index (χ0v) is 28.4. The number of anilines is 1. The number of rotatable bonds is 11. The Balaban J connectivity index is 0.000000405. The molecule has 1 aliphatic rings. The minimum Gasteiger partial charge on any atom is -0.338 e. The normalized spacial score (nSPS) is 13.6. The molecule has 3 heterocycles. The molecule has 7 heteroatoms. The van der Waals surface area contributed by atoms with Crippen molar-refractivity contribution in [3.63, 3.8) is 0 Å². The molecule has 0 saturated carbocycles. The number of nitrogens with one attached hydrogen (secondary N) is 1. The number of aryl methyl sites for hydroxylation is 1. The first-order valence-electron chi connectivity index (χ1n) is 15.3. The van der Waals surface area contributed by atoms with Crippen LogP contribution < -0.4 is 5.32 Å². The average Bonchev–Trinajstić information content (AvgIpc) is 3.60. The number of nitrogens with zero attached hydrogens (tertiary/aromatic N) is 2. The molecular weight excluding hydrogens is 542 g/mol. The van der Waals surface area contributed by atoms with Gasteiger partial charge in [0.1, 0.15) is 0 Å². The van der Waals surface area contributed by atoms with E-state index >= 15 is 0 Å². The molecule has 6 nitrogen and oxygen atoms in total. The maximum Gasteiger partial charge on any atom is 0.259 e. The van der Waals surface area contributed by atoms with Crippen LogP contribution >= 0.6 is 11.3 Å². The lowest BCUT2D eigenvalue weighted by molar-refractivity contribution is -0.114. The number of carbonyl (C=O) groups excluding carboxylic acids is 2. The Morgan fingerprint density at radius 1 is 1.17 bits per heavy atom. The third-order valence-corrected chi connectivity index (χ3v) is 8.19. The predicted molar refractivity (Wildman–Crippen MR) is 179 cm³/mol. The summed E-state index contributed by atoms with van der Waals surface area (Å²) in [5.74, 6) is 0.770. The number of allylic oxidation sites excluding steroid dienone is 5. The first kappa shape index (κ1) is 36.8. The lowest BCUT2D eigenvalue weighted by Crippen LogP contribution is -2.21. The Morgan fingerprint density at radius 3 is 2.36 bits per heavy atom. The van der Waals surface area contributed by atoms with Crippen molar-refractivity contribution >= 4 is 28.9 Å². The molecule has 42 heavy (non-hydrogen) atoms. The SMILES string of the molecule is C=C1C=CC=CN1/C(=C\C(C)CC)C(C)=O.CCC.CCCc1c(C(=O)Nc2cc(C(C)(C)CC)no2)csc1CC. The van der Waals surface area contributed by atoms with Gasteiger partial charge in [-0.3, -0.25) is 14.9 Å². The van der Waals surface area contributed by atoms with Crippen molar-refractivity contribution in [3.8, 4) is 0 Å². The van der Waals surface area contributed by atoms with Crippen molar-refractivity contribution in [2.45, 2.75) is 113 Å². The average molecular weight is 596 g/mol. The molecule has 0 aromatic carbocycles. The van der Waals surface area contributed by atoms with Crippen molar-refractivity contribution < 1.29 is 14.1 Å². The van der Waals surface area contributed by atoms with Crippen LogP contribution in [0.1, 0.15) is 121 Å². The minimum atomic E-state index is -0.110. The van der Waals surface area contributed by atoms with Gasteiger partial charge in [-0.2, -0.15) is 0 Å². The lowest BCUT2D eigenvalue weighted by atomic mass is 9.87. The smallest absolute Gasteiger partial charge is 0.259 e. The summed E-state index contributed by atoms with van der Waals surface area (Å²) in [5, 5.41) is 8.90. The summed E-state index contributed by atoms with van der Waals surface area (Å²) >= 11 is 1.66. The Kier molecular flexibility index (Phi) is 16.1. The second-order valence-electron chi connectivity index (χ2n) is 11.2. The summed E-state index contributed by atoms with van der Waals surface area (Å²) in [6, 6.07) is 1.83. The van der Waals surface area contributed by atoms with E-state index in [-0.39, 0.29) is 17.1 Å². The van der Waals surface area contributed by atoms with Crippen molar-refractivity contribution in [3.05, 3.63) is 81.6 Å². The highest BCUT2D eigenvalue weighted by molar-refractivity contribution is 7.10. The van der Waals surface area contributed by atoms with Crippen LogP contribution in [0, 0.1) is 5.92 Å². The Labute approximate surface area is 258 Å². The molecule has 232 valence electrons. The van der Waals surface area contributed by atoms with Gasteiger partial charge in [0.2, 0.25) is 5.88 Å². The molecule has 1 aliphatic heterocycles. The number of Topliss-reactive ketones (excluding diaryl/α,β-unsaturated/α-hetero) is 1. The van der Waals surface area contributed by atoms with E-state index in [0.29, 0.717) is 17.5 Å². The molecule has 0 fully saturated rings. The lowest BCUT2D eigenvalue weighted by Gasteiger charge is -2.25. The molecular formula is C35H53N3O3S. The van der Waals surface area contributed by atoms with Crippen molar-refractivity contribution in [2.24, 2.45) is 5.92 Å². The van der Waals surface area contributed by atoms with E-state index in [4.69, 9.17) is 4.52 Å². The minimum absolute atomic E-state index is 0.0579. The van der Waals surface area contributed by atoms with Gasteiger partial charge in [-0.15, -0.1) is 11.3 Å². The van der Waals surface area contributed by atoms with E-state index in [1.54, 1.807) is 18.3 Å². The zero-order valence-electron chi connectivity index (χ0n) is 27.6. The Hall–Kier alpha value is -3.19. The van der Waals surface area contributed by atoms with Gasteiger partial charge in [0.15, 0.2) is 5.78 Å². The highest BCUT2D eigenvalue weighted by Crippen LogP contribution is 2.29. The van der Waals surface area contributed by atoms with Crippen LogP contribution in [0.2, 0.25) is 0 Å². The molecule has 1 unspecified atom stereocenters. The maximum atomic E-state index is 12.6. The molecule has 1 atom stereocenters. The third kappa shape index (κ3) is 10.9. The number of carbonyl (C=O) groups is 2. The van der Waals surface area contributed by atoms with E-state index in [1.807, 2.05) is 46.9 Å². The molecule has 1 amide bonds. The van der Waals surface area contributed by atoms with Gasteiger partial charge in [0.25, 0.3) is 5.91 Å². The fourth-order valence-corrected chi connectivity index (χ4v) is 4.95. The predicted octanol–water partition coefficient (Wildman–Crippen LogP) is 10.0. The van der Waals surface area contributed by atoms with Crippen molar-refractivity contribution in [1.82, 2.24) is 10.1 Å². The van der Waals surface area contributed by atoms with Crippen LogP contribution in [-0.4, -0.2) is 21.7 Å². The number of aromatic nitrogens is 1. The number of amides is 1. The molecule has 0 saturated heterocycles. The van der Waals surface area contributed by atoms with Crippen LogP contribution in [0.15, 0.2) is 64.4 Å². The zero-order chi connectivity index (χ0) is 31.9. The Morgan fingerprint density at radius 2 is 1.83 bits per heavy atom. The first-order chi connectivity index (χ1) is 19.9. The van der Waals surface area contributed by atoms with E-state index in [0.717, 1.165) is 49.1 Å². The van der Waals surface area contributed by atoms with Crippen molar-refractivity contribution in [1.29, 1.82) is 0 Å². The number of ketones is 1. The number of hydrogen-bond acceptors (Lipinski definition) is 6. The van der Waals surface area contributed by atoms with Gasteiger partial charge in [-0.05, 0) is 42.9 Å². The Bertz CT molecular complexity index is 1250. The fraction of sp³-hybridized carbons (Fsp3) is 0.514. The molecule has 2 aromatic rings. The van der Waals surface area contributed by atoms with Crippen LogP contribution in [0.25, 0.3) is 0 Å². The fourth-order valence-electron chi connectivity index (χ4n) is 3.92. The van der Waals surface area contributed by atoms with Crippen LogP contribution in [0.5, 0.6) is 0 Å². The molecule has 1 N–H and O–H groups in total. The van der Waals surface area contributed by atoms with Gasteiger partial charge in [0.05, 0.1) is 17.0 Å². The largest absolute Gasteiger partial charge is 0.338 e. The summed E-state index contributed by atoms with van der Waals surface area (Å²) in [7, 11) is 0. The van der Waals surface area contributed by atoms with Gasteiger partial charge in [0, 0.05) is 40.6 Å². The standard InChI is InChI=1S/C18H26N2O2S.C14H19NO.C3H8/c1-6-9-12-13(11-23-14(12)7-2)17(21)19-16-10-15(20-22-16)18(4,5)8-3;1-5-11(2)10-14(13(4)16)15-9-7-6-8-12(15)3;1-3-2/h10-11H,6-9H2,1-5H3,(H,19,21);6-11H,3,5H2,1-2,4H3;3H2,1-2H3/b;14-10-;. The monoisotopic (exact) mass is 595 g/mol. The summed E-state index contributed by atoms with van der Waals surface area (Å²) in [4.78, 5) is 27.3. The summed E-state index contributed by atoms with van der Waals surface area (Å²) in [6.45, 7) is 24.6. The first-order valence-corrected chi connectivity index (χ1v) is 16.2. The second kappa shape index (κ2) is 18.4. The van der Waals surface area contributed by atoms with E-state index in [2.05, 4.69) is 79.4 Å². The van der Waals surface area contributed by atoms with E-state index < -0.39 is 0 Å². The summed E-state index contributed by atoms with van der Waals surface area (Å²) in [6.07, 6.45) is 15.8. The van der Waals surface area contributed by atoms with Crippen LogP contribution in [0.4, 0.5) is 5.88 Å². The van der Waals surface area contributed by atoms with E-state index in [1.165, 1.54) is 16.9 Å². The molecule has 0 aliphatic carbocycles. The molecule has 3 rings (SSSR count). The number of hydrogen-bond donors (Lipinski definition) is 1. The van der Waals surface area contributed by atoms with E-state index in [9.17, 15) is 9.59 Å². The summed E-state index contributed by atoms with van der Waals surface area (Å²) < 4.78 is 5.30. The molecule has 0 bridgehead atoms. The van der Waals surface area contributed by atoms with Gasteiger partial charge < -0.3 is 9.42 Å². The molecule has 0 radical (unpaired) electrons. The molecule has 0 spiro atoms. The van der Waals surface area contributed by atoms with Crippen LogP contribution in [0.3, 0.4) is 0 Å². The topological polar surface area (TPSA) is 75.4 Å². The second-order valence-corrected chi connectivity index (χ2v) is 12.1. The van der Waals surface area contributed by atoms with Gasteiger partial charge in [-0.1, -0.05) is 105 Å². The van der Waals surface area contributed by atoms with Crippen LogP contribution in [-0.2, 0) is 23.1 Å². The van der Waals surface area contributed by atoms with Crippen molar-refractivity contribution in [2.75, 3.05) is 5.32 Å². The highest BCUT2D eigenvalue weighted by Gasteiger charge is 2.24. The van der Waals surface area contributed by atoms with Gasteiger partial charge in [-0.25, -0.2) is 0 Å². The summed E-state index contributed by atoms with van der Waals surface area (Å²) in [5.41, 5.74) is 4.28.